The number of rotatable bonds is 5. The summed E-state index contributed by atoms with van der Waals surface area (Å²) in [4.78, 5) is 13.3. The van der Waals surface area contributed by atoms with Gasteiger partial charge in [-0.3, -0.25) is 4.79 Å². The van der Waals surface area contributed by atoms with Gasteiger partial charge in [0.15, 0.2) is 0 Å². The lowest BCUT2D eigenvalue weighted by Crippen LogP contribution is -2.00. The quantitative estimate of drug-likeness (QED) is 0.441. The van der Waals surface area contributed by atoms with Crippen molar-refractivity contribution in [3.8, 4) is 0 Å². The molecule has 92 valence electrons. The first kappa shape index (κ1) is 13.8. The van der Waals surface area contributed by atoms with Crippen LogP contribution in [0.5, 0.6) is 0 Å². The Labute approximate surface area is 107 Å². The molecular weight excluding hydrogens is 232 g/mol. The van der Waals surface area contributed by atoms with Crippen LogP contribution in [-0.2, 0) is 9.53 Å². The molecule has 0 heterocycles. The summed E-state index contributed by atoms with van der Waals surface area (Å²) in [6.07, 6.45) is 1.61. The zero-order chi connectivity index (χ0) is 12.7. The number of benzene rings is 1. The molecule has 0 fully saturated rings. The summed E-state index contributed by atoms with van der Waals surface area (Å²) in [5.41, 5.74) is 0. The summed E-state index contributed by atoms with van der Waals surface area (Å²) in [6.45, 7) is 5.51. The SMILES string of the molecule is CC/C(OC(C)=O)=C(/CC)Sc1ccccc1. The molecule has 0 spiro atoms. The number of carbonyl (C=O) groups excluding carboxylic acids is 1. The number of thioether (sulfide) groups is 1. The molecule has 0 atom stereocenters. The van der Waals surface area contributed by atoms with E-state index in [9.17, 15) is 4.79 Å². The van der Waals surface area contributed by atoms with E-state index in [1.165, 1.54) is 11.8 Å². The number of hydrogen-bond donors (Lipinski definition) is 0. The van der Waals surface area contributed by atoms with Crippen LogP contribution in [0.25, 0.3) is 0 Å². The van der Waals surface area contributed by atoms with E-state index in [1.54, 1.807) is 11.8 Å². The lowest BCUT2D eigenvalue weighted by molar-refractivity contribution is -0.137. The number of carbonyl (C=O) groups is 1. The minimum Gasteiger partial charge on any atom is -0.430 e. The summed E-state index contributed by atoms with van der Waals surface area (Å²) in [5, 5.41) is 0. The van der Waals surface area contributed by atoms with Gasteiger partial charge in [-0.1, -0.05) is 43.8 Å². The van der Waals surface area contributed by atoms with E-state index < -0.39 is 0 Å². The molecule has 1 aromatic rings. The van der Waals surface area contributed by atoms with Gasteiger partial charge in [-0.05, 0) is 18.6 Å². The third kappa shape index (κ3) is 4.65. The molecule has 3 heteroatoms. The summed E-state index contributed by atoms with van der Waals surface area (Å²) >= 11 is 1.67. The fraction of sp³-hybridized carbons (Fsp3) is 0.357. The van der Waals surface area contributed by atoms with E-state index in [-0.39, 0.29) is 5.97 Å². The maximum absolute atomic E-state index is 11.0. The second-order valence-electron chi connectivity index (χ2n) is 3.56. The molecule has 1 aromatic carbocycles. The van der Waals surface area contributed by atoms with Crippen LogP contribution in [0.4, 0.5) is 0 Å². The Kier molecular flexibility index (Phi) is 5.84. The maximum Gasteiger partial charge on any atom is 0.307 e. The molecule has 0 saturated heterocycles. The standard InChI is InChI=1S/C14H18O2S/c1-4-13(16-11(3)15)14(5-2)17-12-9-7-6-8-10-12/h6-10H,4-5H2,1-3H3/b14-13+. The molecule has 0 radical (unpaired) electrons. The van der Waals surface area contributed by atoms with Crippen molar-refractivity contribution in [2.75, 3.05) is 0 Å². The molecule has 0 aromatic heterocycles. The Morgan fingerprint density at radius 2 is 1.82 bits per heavy atom. The Balaban J connectivity index is 2.88. The van der Waals surface area contributed by atoms with Crippen LogP contribution in [0, 0.1) is 0 Å². The topological polar surface area (TPSA) is 26.3 Å². The molecule has 17 heavy (non-hydrogen) atoms. The number of ether oxygens (including phenoxy) is 1. The van der Waals surface area contributed by atoms with Crippen molar-refractivity contribution < 1.29 is 9.53 Å². The first-order valence-electron chi connectivity index (χ1n) is 5.80. The molecule has 1 rings (SSSR count). The average molecular weight is 250 g/mol. The molecule has 0 aliphatic rings. The van der Waals surface area contributed by atoms with E-state index in [0.29, 0.717) is 0 Å². The zero-order valence-corrected chi connectivity index (χ0v) is 11.3. The van der Waals surface area contributed by atoms with Crippen LogP contribution in [0.15, 0.2) is 45.9 Å². The average Bonchev–Trinajstić information content (AvgIpc) is 2.34. The van der Waals surface area contributed by atoms with E-state index in [1.807, 2.05) is 25.1 Å². The van der Waals surface area contributed by atoms with Gasteiger partial charge in [-0.2, -0.15) is 0 Å². The molecule has 0 amide bonds. The van der Waals surface area contributed by atoms with Crippen molar-refractivity contribution in [1.82, 2.24) is 0 Å². The number of allylic oxidation sites excluding steroid dienone is 2. The predicted octanol–water partition coefficient (Wildman–Crippen LogP) is 4.37. The van der Waals surface area contributed by atoms with E-state index in [4.69, 9.17) is 4.74 Å². The van der Waals surface area contributed by atoms with E-state index >= 15 is 0 Å². The molecule has 0 bridgehead atoms. The van der Waals surface area contributed by atoms with Crippen molar-refractivity contribution in [2.24, 2.45) is 0 Å². The van der Waals surface area contributed by atoms with Gasteiger partial charge in [0.2, 0.25) is 0 Å². The Hall–Kier alpha value is -1.22. The molecule has 0 aliphatic carbocycles. The van der Waals surface area contributed by atoms with Gasteiger partial charge < -0.3 is 4.74 Å². The van der Waals surface area contributed by atoms with Gasteiger partial charge in [0, 0.05) is 23.1 Å². The van der Waals surface area contributed by atoms with Crippen molar-refractivity contribution in [2.45, 2.75) is 38.5 Å². The minimum atomic E-state index is -0.249. The summed E-state index contributed by atoms with van der Waals surface area (Å²) in [5.74, 6) is 0.537. The molecule has 0 unspecified atom stereocenters. The van der Waals surface area contributed by atoms with Gasteiger partial charge in [0.05, 0.1) is 0 Å². The van der Waals surface area contributed by atoms with Crippen LogP contribution < -0.4 is 0 Å². The molecule has 2 nitrogen and oxygen atoms in total. The van der Waals surface area contributed by atoms with E-state index in [0.717, 1.165) is 23.5 Å². The Morgan fingerprint density at radius 1 is 1.18 bits per heavy atom. The molecule has 0 aliphatic heterocycles. The third-order valence-corrected chi connectivity index (χ3v) is 3.48. The zero-order valence-electron chi connectivity index (χ0n) is 10.5. The van der Waals surface area contributed by atoms with Crippen LogP contribution in [0.3, 0.4) is 0 Å². The second-order valence-corrected chi connectivity index (χ2v) is 4.73. The van der Waals surface area contributed by atoms with Crippen LogP contribution in [-0.4, -0.2) is 5.97 Å². The third-order valence-electron chi connectivity index (χ3n) is 2.20. The molecule has 0 N–H and O–H groups in total. The van der Waals surface area contributed by atoms with Crippen molar-refractivity contribution in [3.63, 3.8) is 0 Å². The van der Waals surface area contributed by atoms with Crippen LogP contribution >= 0.6 is 11.8 Å². The Morgan fingerprint density at radius 3 is 2.29 bits per heavy atom. The lowest BCUT2D eigenvalue weighted by atomic mass is 10.3. The molecule has 0 saturated carbocycles. The highest BCUT2D eigenvalue weighted by Crippen LogP contribution is 2.32. The van der Waals surface area contributed by atoms with Crippen molar-refractivity contribution in [3.05, 3.63) is 41.0 Å². The van der Waals surface area contributed by atoms with Crippen LogP contribution in [0.1, 0.15) is 33.6 Å². The van der Waals surface area contributed by atoms with Crippen molar-refractivity contribution >= 4 is 17.7 Å². The van der Waals surface area contributed by atoms with Gasteiger partial charge in [0.1, 0.15) is 5.76 Å². The highest BCUT2D eigenvalue weighted by Gasteiger charge is 2.09. The van der Waals surface area contributed by atoms with Gasteiger partial charge >= 0.3 is 5.97 Å². The summed E-state index contributed by atoms with van der Waals surface area (Å²) in [6, 6.07) is 10.1. The van der Waals surface area contributed by atoms with E-state index in [2.05, 4.69) is 19.1 Å². The highest BCUT2D eigenvalue weighted by atomic mass is 32.2. The highest BCUT2D eigenvalue weighted by molar-refractivity contribution is 8.03. The van der Waals surface area contributed by atoms with Gasteiger partial charge in [0.25, 0.3) is 0 Å². The predicted molar refractivity (Wildman–Crippen MR) is 71.7 cm³/mol. The number of esters is 1. The smallest absolute Gasteiger partial charge is 0.307 e. The summed E-state index contributed by atoms with van der Waals surface area (Å²) in [7, 11) is 0. The summed E-state index contributed by atoms with van der Waals surface area (Å²) < 4.78 is 5.24. The number of hydrogen-bond acceptors (Lipinski definition) is 3. The van der Waals surface area contributed by atoms with Gasteiger partial charge in [-0.25, -0.2) is 0 Å². The van der Waals surface area contributed by atoms with Crippen molar-refractivity contribution in [1.29, 1.82) is 0 Å². The minimum absolute atomic E-state index is 0.249. The monoisotopic (exact) mass is 250 g/mol. The lowest BCUT2D eigenvalue weighted by Gasteiger charge is -2.11. The first-order valence-corrected chi connectivity index (χ1v) is 6.62. The second kappa shape index (κ2) is 7.17. The fourth-order valence-corrected chi connectivity index (χ4v) is 2.48. The van der Waals surface area contributed by atoms with Gasteiger partial charge in [-0.15, -0.1) is 0 Å². The van der Waals surface area contributed by atoms with Crippen LogP contribution in [0.2, 0.25) is 0 Å². The normalized spacial score (nSPS) is 11.9. The Bertz CT molecular complexity index is 396. The maximum atomic E-state index is 11.0. The largest absolute Gasteiger partial charge is 0.430 e. The fourth-order valence-electron chi connectivity index (χ4n) is 1.46. The molecular formula is C14H18O2S. The first-order chi connectivity index (χ1) is 8.17.